The van der Waals surface area contributed by atoms with Gasteiger partial charge >= 0.3 is 0 Å². The van der Waals surface area contributed by atoms with E-state index in [1.807, 2.05) is 19.4 Å². The van der Waals surface area contributed by atoms with E-state index in [0.717, 1.165) is 31.6 Å². The van der Waals surface area contributed by atoms with Gasteiger partial charge in [-0.05, 0) is 19.9 Å². The zero-order chi connectivity index (χ0) is 13.0. The topological polar surface area (TPSA) is 62.2 Å². The van der Waals surface area contributed by atoms with Crippen LogP contribution in [0.15, 0.2) is 12.4 Å². The lowest BCUT2D eigenvalue weighted by Gasteiger charge is -2.33. The molecule has 6 heteroatoms. The maximum Gasteiger partial charge on any atom is 0.234 e. The summed E-state index contributed by atoms with van der Waals surface area (Å²) in [5, 5.41) is 10.1. The predicted molar refractivity (Wildman–Crippen MR) is 70.5 cm³/mol. The highest BCUT2D eigenvalue weighted by molar-refractivity contribution is 5.78. The monoisotopic (exact) mass is 251 g/mol. The number of nitrogens with zero attached hydrogens (tertiary/aromatic N) is 3. The van der Waals surface area contributed by atoms with Gasteiger partial charge in [-0.1, -0.05) is 0 Å². The number of amides is 1. The van der Waals surface area contributed by atoms with Crippen LogP contribution in [0.1, 0.15) is 12.8 Å². The fourth-order valence-corrected chi connectivity index (χ4v) is 2.34. The van der Waals surface area contributed by atoms with Crippen LogP contribution in [-0.4, -0.2) is 48.4 Å². The predicted octanol–water partition coefficient (Wildman–Crippen LogP) is -0.275. The molecule has 0 saturated carbocycles. The van der Waals surface area contributed by atoms with Gasteiger partial charge in [-0.2, -0.15) is 5.10 Å². The first kappa shape index (κ1) is 12.9. The summed E-state index contributed by atoms with van der Waals surface area (Å²) in [6.45, 7) is 2.27. The molecule has 1 aromatic rings. The third-order valence-corrected chi connectivity index (χ3v) is 3.18. The maximum atomic E-state index is 11.5. The van der Waals surface area contributed by atoms with E-state index >= 15 is 0 Å². The zero-order valence-electron chi connectivity index (χ0n) is 11.0. The van der Waals surface area contributed by atoms with Gasteiger partial charge < -0.3 is 15.5 Å². The normalized spacial score (nSPS) is 19.9. The molecule has 0 bridgehead atoms. The van der Waals surface area contributed by atoms with Crippen molar-refractivity contribution in [1.82, 2.24) is 20.4 Å². The number of hydrogen-bond donors (Lipinski definition) is 2. The van der Waals surface area contributed by atoms with Crippen LogP contribution in [0.3, 0.4) is 0 Å². The number of carbonyl (C=O) groups excluding carboxylic acids is 1. The Kier molecular flexibility index (Phi) is 4.19. The lowest BCUT2D eigenvalue weighted by atomic mass is 10.1. The molecule has 2 rings (SSSR count). The van der Waals surface area contributed by atoms with Gasteiger partial charge in [0.25, 0.3) is 0 Å². The second kappa shape index (κ2) is 5.86. The molecule has 1 saturated heterocycles. The summed E-state index contributed by atoms with van der Waals surface area (Å²) in [5.41, 5.74) is 1.13. The molecule has 1 atom stereocenters. The number of likely N-dealkylation sites (N-methyl/N-ethyl adjacent to an activating group) is 1. The Balaban J connectivity index is 1.90. The number of rotatable bonds is 4. The second-order valence-electron chi connectivity index (χ2n) is 4.76. The highest BCUT2D eigenvalue weighted by Crippen LogP contribution is 2.18. The van der Waals surface area contributed by atoms with Crippen molar-refractivity contribution < 1.29 is 4.79 Å². The van der Waals surface area contributed by atoms with Crippen LogP contribution in [0.2, 0.25) is 0 Å². The van der Waals surface area contributed by atoms with Crippen LogP contribution in [0.5, 0.6) is 0 Å². The lowest BCUT2D eigenvalue weighted by Crippen LogP contribution is -2.49. The first-order valence-corrected chi connectivity index (χ1v) is 6.36. The van der Waals surface area contributed by atoms with Crippen LogP contribution in [0.25, 0.3) is 0 Å². The summed E-state index contributed by atoms with van der Waals surface area (Å²) >= 11 is 0. The summed E-state index contributed by atoms with van der Waals surface area (Å²) in [7, 11) is 3.70. The van der Waals surface area contributed by atoms with E-state index in [0.29, 0.717) is 6.54 Å². The van der Waals surface area contributed by atoms with Crippen molar-refractivity contribution in [2.75, 3.05) is 31.6 Å². The standard InChI is InChI=1S/C12H21N5O/c1-13-7-12(18)15-10-4-3-5-17(8-10)11-6-14-16(2)9-11/h6,9-10,13H,3-5,7-8H2,1-2H3,(H,15,18). The Morgan fingerprint density at radius 1 is 1.61 bits per heavy atom. The molecule has 1 aliphatic heterocycles. The summed E-state index contributed by atoms with van der Waals surface area (Å²) in [6.07, 6.45) is 6.03. The van der Waals surface area contributed by atoms with E-state index in [9.17, 15) is 4.79 Å². The molecule has 2 heterocycles. The largest absolute Gasteiger partial charge is 0.367 e. The van der Waals surface area contributed by atoms with Gasteiger partial charge in [-0.25, -0.2) is 0 Å². The Morgan fingerprint density at radius 2 is 2.44 bits per heavy atom. The summed E-state index contributed by atoms with van der Waals surface area (Å²) in [5.74, 6) is 0.0653. The summed E-state index contributed by atoms with van der Waals surface area (Å²) in [6, 6.07) is 0.236. The first-order chi connectivity index (χ1) is 8.69. The Labute approximate surface area is 107 Å². The van der Waals surface area contributed by atoms with Crippen LogP contribution in [0.4, 0.5) is 5.69 Å². The quantitative estimate of drug-likeness (QED) is 0.773. The number of nitrogens with one attached hydrogen (secondary N) is 2. The van der Waals surface area contributed by atoms with Crippen LogP contribution >= 0.6 is 0 Å². The minimum absolute atomic E-state index is 0.0653. The molecule has 1 aliphatic rings. The highest BCUT2D eigenvalue weighted by Gasteiger charge is 2.21. The highest BCUT2D eigenvalue weighted by atomic mass is 16.1. The minimum Gasteiger partial charge on any atom is -0.367 e. The van der Waals surface area contributed by atoms with Crippen LogP contribution < -0.4 is 15.5 Å². The van der Waals surface area contributed by atoms with Crippen molar-refractivity contribution in [2.45, 2.75) is 18.9 Å². The van der Waals surface area contributed by atoms with Gasteiger partial charge in [0.2, 0.25) is 5.91 Å². The second-order valence-corrected chi connectivity index (χ2v) is 4.76. The molecule has 100 valence electrons. The molecule has 0 aliphatic carbocycles. The molecule has 0 radical (unpaired) electrons. The SMILES string of the molecule is CNCC(=O)NC1CCCN(c2cnn(C)c2)C1. The van der Waals surface area contributed by atoms with Crippen molar-refractivity contribution in [3.8, 4) is 0 Å². The average molecular weight is 251 g/mol. The van der Waals surface area contributed by atoms with E-state index in [-0.39, 0.29) is 11.9 Å². The van der Waals surface area contributed by atoms with E-state index in [1.165, 1.54) is 0 Å². The molecular formula is C12H21N5O. The lowest BCUT2D eigenvalue weighted by molar-refractivity contribution is -0.120. The maximum absolute atomic E-state index is 11.5. The molecule has 1 unspecified atom stereocenters. The van der Waals surface area contributed by atoms with Crippen molar-refractivity contribution >= 4 is 11.6 Å². The Hall–Kier alpha value is -1.56. The van der Waals surface area contributed by atoms with E-state index < -0.39 is 0 Å². The molecule has 1 fully saturated rings. The van der Waals surface area contributed by atoms with E-state index in [1.54, 1.807) is 11.7 Å². The third kappa shape index (κ3) is 3.22. The Morgan fingerprint density at radius 3 is 3.11 bits per heavy atom. The smallest absolute Gasteiger partial charge is 0.234 e. The average Bonchev–Trinajstić information content (AvgIpc) is 2.76. The van der Waals surface area contributed by atoms with E-state index in [2.05, 4.69) is 20.6 Å². The Bertz CT molecular complexity index is 403. The molecule has 1 aromatic heterocycles. The van der Waals surface area contributed by atoms with Crippen molar-refractivity contribution in [2.24, 2.45) is 7.05 Å². The molecule has 0 spiro atoms. The first-order valence-electron chi connectivity index (χ1n) is 6.36. The van der Waals surface area contributed by atoms with Crippen molar-refractivity contribution in [3.05, 3.63) is 12.4 Å². The van der Waals surface area contributed by atoms with Crippen molar-refractivity contribution in [3.63, 3.8) is 0 Å². The van der Waals surface area contributed by atoms with Gasteiger partial charge in [-0.3, -0.25) is 9.48 Å². The van der Waals surface area contributed by atoms with E-state index in [4.69, 9.17) is 0 Å². The van der Waals surface area contributed by atoms with Gasteiger partial charge in [0.1, 0.15) is 0 Å². The van der Waals surface area contributed by atoms with Crippen LogP contribution in [-0.2, 0) is 11.8 Å². The number of hydrogen-bond acceptors (Lipinski definition) is 4. The van der Waals surface area contributed by atoms with Gasteiger partial charge in [0.15, 0.2) is 0 Å². The van der Waals surface area contributed by atoms with Crippen LogP contribution in [0, 0.1) is 0 Å². The number of anilines is 1. The number of aryl methyl sites for hydroxylation is 1. The zero-order valence-corrected chi connectivity index (χ0v) is 11.0. The number of piperidine rings is 1. The minimum atomic E-state index is 0.0653. The third-order valence-electron chi connectivity index (χ3n) is 3.18. The molecule has 6 nitrogen and oxygen atoms in total. The van der Waals surface area contributed by atoms with Gasteiger partial charge in [0, 0.05) is 32.4 Å². The van der Waals surface area contributed by atoms with Gasteiger partial charge in [0.05, 0.1) is 18.4 Å². The summed E-state index contributed by atoms with van der Waals surface area (Å²) < 4.78 is 1.80. The number of aromatic nitrogens is 2. The molecule has 1 amide bonds. The molecule has 18 heavy (non-hydrogen) atoms. The summed E-state index contributed by atoms with van der Waals surface area (Å²) in [4.78, 5) is 13.8. The fourth-order valence-electron chi connectivity index (χ4n) is 2.34. The van der Waals surface area contributed by atoms with Gasteiger partial charge in [-0.15, -0.1) is 0 Å². The molecule has 2 N–H and O–H groups in total. The fraction of sp³-hybridized carbons (Fsp3) is 0.667. The number of carbonyl (C=O) groups is 1. The van der Waals surface area contributed by atoms with Crippen molar-refractivity contribution in [1.29, 1.82) is 0 Å². The molecular weight excluding hydrogens is 230 g/mol. The molecule has 0 aromatic carbocycles.